The Kier molecular flexibility index (Phi) is 5.33. The van der Waals surface area contributed by atoms with E-state index in [2.05, 4.69) is 15.5 Å². The fraction of sp³-hybridized carbons (Fsp3) is 0.800. The van der Waals surface area contributed by atoms with Gasteiger partial charge in [-0.1, -0.05) is 5.16 Å². The first-order valence-electron chi connectivity index (χ1n) is 5.75. The fourth-order valence-corrected chi connectivity index (χ4v) is 2.50. The molecule has 0 aromatic carbocycles. The maximum atomic E-state index is 11.8. The molecule has 1 atom stereocenters. The quantitative estimate of drug-likeness (QED) is 0.791. The number of nitrogens with zero attached hydrogens (tertiary/aromatic N) is 2. The molecule has 18 heavy (non-hydrogen) atoms. The van der Waals surface area contributed by atoms with Crippen LogP contribution in [0.15, 0.2) is 4.52 Å². The highest BCUT2D eigenvalue weighted by Gasteiger charge is 2.21. The fourth-order valence-electron chi connectivity index (χ4n) is 1.57. The van der Waals surface area contributed by atoms with Gasteiger partial charge in [-0.05, 0) is 0 Å². The second-order valence-corrected chi connectivity index (χ2v) is 5.00. The summed E-state index contributed by atoms with van der Waals surface area (Å²) < 4.78 is 33.5. The van der Waals surface area contributed by atoms with Crippen LogP contribution in [0.3, 0.4) is 0 Å². The number of nitrogens with one attached hydrogen (secondary N) is 1. The van der Waals surface area contributed by atoms with Crippen molar-refractivity contribution in [1.82, 2.24) is 15.5 Å². The molecule has 1 aliphatic rings. The zero-order valence-corrected chi connectivity index (χ0v) is 10.6. The second kappa shape index (κ2) is 7.01. The average Bonchev–Trinajstić information content (AvgIpc) is 2.84. The van der Waals surface area contributed by atoms with Gasteiger partial charge in [0.05, 0.1) is 12.6 Å². The third-order valence-electron chi connectivity index (χ3n) is 2.42. The van der Waals surface area contributed by atoms with Crippen molar-refractivity contribution in [2.24, 2.45) is 0 Å². The number of ether oxygens (including phenoxy) is 1. The maximum Gasteiger partial charge on any atom is 0.261 e. The summed E-state index contributed by atoms with van der Waals surface area (Å²) in [6, 6.07) is 0.0898. The third kappa shape index (κ3) is 4.18. The highest BCUT2D eigenvalue weighted by atomic mass is 32.2. The predicted octanol–water partition coefficient (Wildman–Crippen LogP) is 1.27. The van der Waals surface area contributed by atoms with Gasteiger partial charge in [-0.2, -0.15) is 16.7 Å². The number of halogens is 2. The molecule has 1 N–H and O–H groups in total. The molecule has 1 aromatic rings. The Morgan fingerprint density at radius 1 is 1.56 bits per heavy atom. The SMILES string of the molecule is FC(F)COCCc1noc(C2CSCCN2)n1. The summed E-state index contributed by atoms with van der Waals surface area (Å²) in [6.45, 7) is 0.548. The maximum absolute atomic E-state index is 11.8. The summed E-state index contributed by atoms with van der Waals surface area (Å²) in [5, 5.41) is 7.09. The van der Waals surface area contributed by atoms with Crippen molar-refractivity contribution in [3.05, 3.63) is 11.7 Å². The molecule has 2 heterocycles. The zero-order valence-electron chi connectivity index (χ0n) is 9.77. The van der Waals surface area contributed by atoms with E-state index in [0.29, 0.717) is 18.1 Å². The minimum absolute atomic E-state index is 0.0898. The Morgan fingerprint density at radius 2 is 2.44 bits per heavy atom. The van der Waals surface area contributed by atoms with Crippen LogP contribution in [0.2, 0.25) is 0 Å². The third-order valence-corrected chi connectivity index (χ3v) is 3.48. The van der Waals surface area contributed by atoms with Gasteiger partial charge in [0.15, 0.2) is 5.82 Å². The van der Waals surface area contributed by atoms with Gasteiger partial charge in [0, 0.05) is 24.5 Å². The van der Waals surface area contributed by atoms with E-state index in [1.807, 2.05) is 11.8 Å². The Hall–Kier alpha value is -0.730. The van der Waals surface area contributed by atoms with Gasteiger partial charge in [0.25, 0.3) is 6.43 Å². The highest BCUT2D eigenvalue weighted by Crippen LogP contribution is 2.20. The first kappa shape index (κ1) is 13.7. The van der Waals surface area contributed by atoms with Crippen LogP contribution in [-0.4, -0.2) is 47.8 Å². The van der Waals surface area contributed by atoms with Crippen molar-refractivity contribution in [3.8, 4) is 0 Å². The van der Waals surface area contributed by atoms with E-state index < -0.39 is 13.0 Å². The summed E-state index contributed by atoms with van der Waals surface area (Å²) in [5.74, 6) is 3.05. The smallest absolute Gasteiger partial charge is 0.261 e. The predicted molar refractivity (Wildman–Crippen MR) is 62.9 cm³/mol. The minimum Gasteiger partial charge on any atom is -0.375 e. The van der Waals surface area contributed by atoms with E-state index >= 15 is 0 Å². The summed E-state index contributed by atoms with van der Waals surface area (Å²) in [4.78, 5) is 4.23. The molecule has 5 nitrogen and oxygen atoms in total. The topological polar surface area (TPSA) is 60.2 Å². The molecule has 2 rings (SSSR count). The molecule has 0 amide bonds. The van der Waals surface area contributed by atoms with Crippen LogP contribution >= 0.6 is 11.8 Å². The molecule has 1 saturated heterocycles. The van der Waals surface area contributed by atoms with Crippen LogP contribution in [0.4, 0.5) is 8.78 Å². The largest absolute Gasteiger partial charge is 0.375 e. The van der Waals surface area contributed by atoms with Crippen LogP contribution in [-0.2, 0) is 11.2 Å². The summed E-state index contributed by atoms with van der Waals surface area (Å²) in [6.07, 6.45) is -2.05. The van der Waals surface area contributed by atoms with Crippen LogP contribution in [0.25, 0.3) is 0 Å². The van der Waals surface area contributed by atoms with Gasteiger partial charge in [-0.3, -0.25) is 0 Å². The van der Waals surface area contributed by atoms with E-state index in [1.54, 1.807) is 0 Å². The van der Waals surface area contributed by atoms with Crippen molar-refractivity contribution in [3.63, 3.8) is 0 Å². The van der Waals surface area contributed by atoms with E-state index in [9.17, 15) is 8.78 Å². The normalized spacial score (nSPS) is 20.5. The monoisotopic (exact) mass is 279 g/mol. The molecular weight excluding hydrogens is 264 g/mol. The molecule has 0 spiro atoms. The number of alkyl halides is 2. The van der Waals surface area contributed by atoms with E-state index in [4.69, 9.17) is 9.26 Å². The molecule has 1 aromatic heterocycles. The molecule has 8 heteroatoms. The summed E-state index contributed by atoms with van der Waals surface area (Å²) >= 11 is 1.83. The van der Waals surface area contributed by atoms with Gasteiger partial charge in [0.2, 0.25) is 5.89 Å². The number of hydrogen-bond donors (Lipinski definition) is 1. The number of aromatic nitrogens is 2. The lowest BCUT2D eigenvalue weighted by Gasteiger charge is -2.19. The molecule has 1 unspecified atom stereocenters. The van der Waals surface area contributed by atoms with Gasteiger partial charge < -0.3 is 14.6 Å². The lowest BCUT2D eigenvalue weighted by molar-refractivity contribution is 0.0182. The van der Waals surface area contributed by atoms with Crippen LogP contribution < -0.4 is 5.32 Å². The van der Waals surface area contributed by atoms with E-state index in [0.717, 1.165) is 18.1 Å². The number of rotatable bonds is 6. The average molecular weight is 279 g/mol. The van der Waals surface area contributed by atoms with Crippen LogP contribution in [0, 0.1) is 0 Å². The van der Waals surface area contributed by atoms with Crippen molar-refractivity contribution in [2.75, 3.05) is 31.3 Å². The lowest BCUT2D eigenvalue weighted by Crippen LogP contribution is -2.30. The van der Waals surface area contributed by atoms with E-state index in [-0.39, 0.29) is 12.6 Å². The molecule has 1 aliphatic heterocycles. The van der Waals surface area contributed by atoms with Gasteiger partial charge in [-0.25, -0.2) is 8.78 Å². The minimum atomic E-state index is -2.44. The highest BCUT2D eigenvalue weighted by molar-refractivity contribution is 7.99. The molecular formula is C10H15F2N3O2S. The summed E-state index contributed by atoms with van der Waals surface area (Å²) in [7, 11) is 0. The molecule has 0 radical (unpaired) electrons. The van der Waals surface area contributed by atoms with Crippen LogP contribution in [0.5, 0.6) is 0 Å². The first-order valence-corrected chi connectivity index (χ1v) is 6.90. The standard InChI is InChI=1S/C10H15F2N3O2S/c11-8(12)5-16-3-1-9-14-10(17-15-9)7-6-18-4-2-13-7/h7-8,13H,1-6H2. The molecule has 0 bridgehead atoms. The lowest BCUT2D eigenvalue weighted by atomic mass is 10.3. The van der Waals surface area contributed by atoms with Crippen molar-refractivity contribution >= 4 is 11.8 Å². The number of hydrogen-bond acceptors (Lipinski definition) is 6. The van der Waals surface area contributed by atoms with Gasteiger partial charge in [-0.15, -0.1) is 0 Å². The molecule has 0 saturated carbocycles. The Labute approximate surface area is 108 Å². The summed E-state index contributed by atoms with van der Waals surface area (Å²) in [5.41, 5.74) is 0. The Bertz CT molecular complexity index is 359. The Morgan fingerprint density at radius 3 is 3.17 bits per heavy atom. The second-order valence-electron chi connectivity index (χ2n) is 3.85. The molecule has 0 aliphatic carbocycles. The molecule has 102 valence electrons. The van der Waals surface area contributed by atoms with Gasteiger partial charge >= 0.3 is 0 Å². The van der Waals surface area contributed by atoms with Crippen molar-refractivity contribution in [2.45, 2.75) is 18.9 Å². The van der Waals surface area contributed by atoms with E-state index in [1.165, 1.54) is 0 Å². The van der Waals surface area contributed by atoms with Gasteiger partial charge in [0.1, 0.15) is 6.61 Å². The number of thioether (sulfide) groups is 1. The first-order chi connectivity index (χ1) is 8.75. The molecule has 1 fully saturated rings. The van der Waals surface area contributed by atoms with Crippen molar-refractivity contribution in [1.29, 1.82) is 0 Å². The zero-order chi connectivity index (χ0) is 12.8. The van der Waals surface area contributed by atoms with Crippen LogP contribution in [0.1, 0.15) is 17.8 Å². The Balaban J connectivity index is 1.75. The van der Waals surface area contributed by atoms with Crippen molar-refractivity contribution < 1.29 is 18.0 Å².